The van der Waals surface area contributed by atoms with Crippen LogP contribution in [0.5, 0.6) is 0 Å². The lowest BCUT2D eigenvalue weighted by atomic mass is 9.81. The summed E-state index contributed by atoms with van der Waals surface area (Å²) in [6, 6.07) is 0. The standard InChI is InChI=1S/C22H35FN2O2/c1-3-5-6-8-16-14-26-22(27-15-16)18-11-9-17(10-12-18)21-24-13-19(7-4-2)20(23)25-21/h13,16-18,22H,3-12,14-15H2,1-2H3/t16?,17-,18-,22?. The zero-order valence-electron chi connectivity index (χ0n) is 17.0. The molecular weight excluding hydrogens is 343 g/mol. The third-order valence-electron chi connectivity index (χ3n) is 6.08. The van der Waals surface area contributed by atoms with Gasteiger partial charge in [0.1, 0.15) is 5.82 Å². The van der Waals surface area contributed by atoms with Crippen molar-refractivity contribution in [3.05, 3.63) is 23.5 Å². The van der Waals surface area contributed by atoms with Crippen molar-refractivity contribution in [2.75, 3.05) is 13.2 Å². The number of unbranched alkanes of at least 4 members (excludes halogenated alkanes) is 2. The molecule has 1 aromatic heterocycles. The predicted octanol–water partition coefficient (Wildman–Crippen LogP) is 5.41. The highest BCUT2D eigenvalue weighted by Crippen LogP contribution is 2.38. The average Bonchev–Trinajstić information content (AvgIpc) is 2.71. The fourth-order valence-corrected chi connectivity index (χ4v) is 4.36. The Balaban J connectivity index is 1.43. The van der Waals surface area contributed by atoms with Gasteiger partial charge in [0.2, 0.25) is 5.95 Å². The average molecular weight is 379 g/mol. The predicted molar refractivity (Wildman–Crippen MR) is 104 cm³/mol. The zero-order valence-corrected chi connectivity index (χ0v) is 17.0. The van der Waals surface area contributed by atoms with E-state index in [-0.39, 0.29) is 18.2 Å². The lowest BCUT2D eigenvalue weighted by Crippen LogP contribution is -2.38. The Bertz CT molecular complexity index is 567. The minimum atomic E-state index is -0.336. The van der Waals surface area contributed by atoms with Crippen molar-refractivity contribution in [2.24, 2.45) is 11.8 Å². The van der Waals surface area contributed by atoms with E-state index in [1.165, 1.54) is 25.7 Å². The Morgan fingerprint density at radius 1 is 1.04 bits per heavy atom. The summed E-state index contributed by atoms with van der Waals surface area (Å²) in [5, 5.41) is 0. The van der Waals surface area contributed by atoms with E-state index < -0.39 is 0 Å². The van der Waals surface area contributed by atoms with Crippen LogP contribution in [-0.2, 0) is 15.9 Å². The molecule has 1 aliphatic carbocycles. The number of aryl methyl sites for hydroxylation is 1. The highest BCUT2D eigenvalue weighted by atomic mass is 19.1. The number of aromatic nitrogens is 2. The highest BCUT2D eigenvalue weighted by molar-refractivity contribution is 5.10. The first-order chi connectivity index (χ1) is 13.2. The molecule has 2 fully saturated rings. The van der Waals surface area contributed by atoms with Gasteiger partial charge >= 0.3 is 0 Å². The molecule has 5 heteroatoms. The van der Waals surface area contributed by atoms with Gasteiger partial charge < -0.3 is 9.47 Å². The van der Waals surface area contributed by atoms with Crippen LogP contribution in [0.1, 0.15) is 88.9 Å². The van der Waals surface area contributed by atoms with Crippen molar-refractivity contribution < 1.29 is 13.9 Å². The second-order valence-electron chi connectivity index (χ2n) is 8.30. The van der Waals surface area contributed by atoms with Gasteiger partial charge in [0, 0.05) is 29.5 Å². The highest BCUT2D eigenvalue weighted by Gasteiger charge is 2.33. The van der Waals surface area contributed by atoms with Crippen LogP contribution in [0.2, 0.25) is 0 Å². The first-order valence-electron chi connectivity index (χ1n) is 11.0. The Morgan fingerprint density at radius 3 is 2.41 bits per heavy atom. The van der Waals surface area contributed by atoms with Crippen LogP contribution < -0.4 is 0 Å². The van der Waals surface area contributed by atoms with Gasteiger partial charge in [-0.15, -0.1) is 0 Å². The van der Waals surface area contributed by atoms with Crippen LogP contribution in [-0.4, -0.2) is 29.5 Å². The van der Waals surface area contributed by atoms with Gasteiger partial charge in [-0.05, 0) is 38.5 Å². The molecule has 0 bridgehead atoms. The summed E-state index contributed by atoms with van der Waals surface area (Å²) in [6.07, 6.45) is 12.3. The second kappa shape index (κ2) is 10.5. The maximum atomic E-state index is 14.1. The number of rotatable bonds is 8. The van der Waals surface area contributed by atoms with E-state index in [0.29, 0.717) is 29.6 Å². The number of hydrogen-bond acceptors (Lipinski definition) is 4. The summed E-state index contributed by atoms with van der Waals surface area (Å²) in [6.45, 7) is 5.94. The van der Waals surface area contributed by atoms with Crippen molar-refractivity contribution in [3.8, 4) is 0 Å². The fraction of sp³-hybridized carbons (Fsp3) is 0.818. The van der Waals surface area contributed by atoms with Gasteiger partial charge in [-0.25, -0.2) is 9.97 Å². The van der Waals surface area contributed by atoms with E-state index in [9.17, 15) is 4.39 Å². The number of nitrogens with zero attached hydrogens (tertiary/aromatic N) is 2. The molecule has 0 atom stereocenters. The van der Waals surface area contributed by atoms with E-state index in [1.54, 1.807) is 6.20 Å². The van der Waals surface area contributed by atoms with E-state index in [2.05, 4.69) is 16.9 Å². The third kappa shape index (κ3) is 5.71. The molecule has 1 aromatic rings. The van der Waals surface area contributed by atoms with E-state index in [1.807, 2.05) is 6.92 Å². The Labute approximate surface area is 163 Å². The second-order valence-corrected chi connectivity index (χ2v) is 8.30. The minimum Gasteiger partial charge on any atom is -0.352 e. The van der Waals surface area contributed by atoms with Crippen molar-refractivity contribution in [1.82, 2.24) is 9.97 Å². The fourth-order valence-electron chi connectivity index (χ4n) is 4.36. The molecule has 2 aliphatic rings. The van der Waals surface area contributed by atoms with Crippen LogP contribution in [0.3, 0.4) is 0 Å². The van der Waals surface area contributed by atoms with E-state index >= 15 is 0 Å². The van der Waals surface area contributed by atoms with Crippen molar-refractivity contribution in [2.45, 2.75) is 90.3 Å². The summed E-state index contributed by atoms with van der Waals surface area (Å²) in [5.74, 6) is 1.60. The van der Waals surface area contributed by atoms with Crippen molar-refractivity contribution in [3.63, 3.8) is 0 Å². The molecule has 1 aliphatic heterocycles. The Kier molecular flexibility index (Phi) is 8.01. The molecule has 0 aromatic carbocycles. The van der Waals surface area contributed by atoms with Gasteiger partial charge in [-0.3, -0.25) is 0 Å². The summed E-state index contributed by atoms with van der Waals surface area (Å²) in [7, 11) is 0. The molecule has 0 unspecified atom stereocenters. The van der Waals surface area contributed by atoms with Gasteiger partial charge in [0.15, 0.2) is 6.29 Å². The van der Waals surface area contributed by atoms with Crippen LogP contribution in [0.25, 0.3) is 0 Å². The molecule has 0 amide bonds. The molecular formula is C22H35FN2O2. The topological polar surface area (TPSA) is 44.2 Å². The van der Waals surface area contributed by atoms with E-state index in [4.69, 9.17) is 9.47 Å². The molecule has 2 heterocycles. The van der Waals surface area contributed by atoms with E-state index in [0.717, 1.165) is 45.3 Å². The summed E-state index contributed by atoms with van der Waals surface area (Å²) in [5.41, 5.74) is 0.632. The largest absolute Gasteiger partial charge is 0.352 e. The van der Waals surface area contributed by atoms with Gasteiger partial charge in [0.25, 0.3) is 0 Å². The molecule has 0 spiro atoms. The van der Waals surface area contributed by atoms with Gasteiger partial charge in [-0.2, -0.15) is 4.39 Å². The Hall–Kier alpha value is -1.07. The lowest BCUT2D eigenvalue weighted by Gasteiger charge is -2.37. The lowest BCUT2D eigenvalue weighted by molar-refractivity contribution is -0.229. The molecule has 152 valence electrons. The van der Waals surface area contributed by atoms with Crippen molar-refractivity contribution in [1.29, 1.82) is 0 Å². The first kappa shape index (κ1) is 20.7. The van der Waals surface area contributed by atoms with Crippen molar-refractivity contribution >= 4 is 0 Å². The van der Waals surface area contributed by atoms with Crippen LogP contribution in [0.4, 0.5) is 4.39 Å². The minimum absolute atomic E-state index is 0.0574. The van der Waals surface area contributed by atoms with Crippen LogP contribution >= 0.6 is 0 Å². The number of ether oxygens (including phenoxy) is 2. The summed E-state index contributed by atoms with van der Waals surface area (Å²) >= 11 is 0. The molecule has 0 N–H and O–H groups in total. The summed E-state index contributed by atoms with van der Waals surface area (Å²) in [4.78, 5) is 8.61. The third-order valence-corrected chi connectivity index (χ3v) is 6.08. The SMILES string of the molecule is CCCCCC1COC([C@H]2CC[C@H](c3ncc(CCC)c(F)n3)CC2)OC1. The molecule has 3 rings (SSSR count). The summed E-state index contributed by atoms with van der Waals surface area (Å²) < 4.78 is 26.2. The molecule has 4 nitrogen and oxygen atoms in total. The van der Waals surface area contributed by atoms with Crippen LogP contribution in [0, 0.1) is 17.8 Å². The number of halogens is 1. The normalized spacial score (nSPS) is 29.0. The maximum Gasteiger partial charge on any atom is 0.219 e. The Morgan fingerprint density at radius 2 is 1.78 bits per heavy atom. The molecule has 1 saturated heterocycles. The smallest absolute Gasteiger partial charge is 0.219 e. The van der Waals surface area contributed by atoms with Gasteiger partial charge in [-0.1, -0.05) is 39.5 Å². The van der Waals surface area contributed by atoms with Crippen LogP contribution in [0.15, 0.2) is 6.20 Å². The maximum absolute atomic E-state index is 14.1. The zero-order chi connectivity index (χ0) is 19.1. The van der Waals surface area contributed by atoms with Gasteiger partial charge in [0.05, 0.1) is 13.2 Å². The molecule has 27 heavy (non-hydrogen) atoms. The molecule has 0 radical (unpaired) electrons. The monoisotopic (exact) mass is 378 g/mol. The number of hydrogen-bond donors (Lipinski definition) is 0. The molecule has 1 saturated carbocycles. The first-order valence-corrected chi connectivity index (χ1v) is 11.0. The quantitative estimate of drug-likeness (QED) is 0.448.